The van der Waals surface area contributed by atoms with Crippen molar-refractivity contribution in [3.63, 3.8) is 0 Å². The van der Waals surface area contributed by atoms with Crippen molar-refractivity contribution in [2.75, 3.05) is 0 Å². The molecule has 50 heavy (non-hydrogen) atoms. The topological polar surface area (TPSA) is 30.2 Å². The van der Waals surface area contributed by atoms with Crippen molar-refractivity contribution < 1.29 is 0 Å². The highest BCUT2D eigenvalue weighted by molar-refractivity contribution is 7.25. The fourth-order valence-corrected chi connectivity index (χ4v) is 9.58. The Labute approximate surface area is 289 Å². The van der Waals surface area contributed by atoms with Crippen LogP contribution in [0.25, 0.3) is 113 Å². The molecule has 3 nitrogen and oxygen atoms in total. The second-order valence-corrected chi connectivity index (χ2v) is 14.4. The fraction of sp³-hybridized carbons (Fsp3) is 0. The second kappa shape index (κ2) is 9.63. The molecule has 0 fully saturated rings. The molecule has 4 heterocycles. The molecule has 8 aromatic carbocycles. The van der Waals surface area contributed by atoms with Crippen LogP contribution in [0.2, 0.25) is 0 Å². The fourth-order valence-electron chi connectivity index (χ4n) is 8.49. The molecular weight excluding hydrogens is 627 g/mol. The number of hydrogen-bond acceptors (Lipinski definition) is 3. The Hall–Kier alpha value is -6.36. The number of nitrogens with zero attached hydrogens (tertiary/aromatic N) is 3. The molecule has 230 valence electrons. The van der Waals surface area contributed by atoms with Crippen LogP contribution in [-0.2, 0) is 0 Å². The van der Waals surface area contributed by atoms with Crippen LogP contribution in [0.3, 0.4) is 0 Å². The monoisotopic (exact) mass is 651 g/mol. The van der Waals surface area contributed by atoms with E-state index in [9.17, 15) is 0 Å². The second-order valence-electron chi connectivity index (χ2n) is 13.3. The summed E-state index contributed by atoms with van der Waals surface area (Å²) in [4.78, 5) is 10.7. The highest BCUT2D eigenvalue weighted by Gasteiger charge is 2.20. The van der Waals surface area contributed by atoms with Crippen LogP contribution in [-0.4, -0.2) is 14.4 Å². The summed E-state index contributed by atoms with van der Waals surface area (Å²) < 4.78 is 5.04. The van der Waals surface area contributed by atoms with Crippen LogP contribution in [0.5, 0.6) is 0 Å². The third kappa shape index (κ3) is 3.48. The Bertz CT molecular complexity index is 3380. The van der Waals surface area contributed by atoms with Crippen LogP contribution in [0.4, 0.5) is 0 Å². The number of hydrogen-bond donors (Lipinski definition) is 0. The van der Waals surface area contributed by atoms with Gasteiger partial charge in [0.2, 0.25) is 0 Å². The summed E-state index contributed by atoms with van der Waals surface area (Å²) in [5.41, 5.74) is 7.74. The summed E-state index contributed by atoms with van der Waals surface area (Å²) in [6, 6.07) is 55.2. The van der Waals surface area contributed by atoms with Gasteiger partial charge in [0.15, 0.2) is 5.82 Å². The van der Waals surface area contributed by atoms with Gasteiger partial charge in [-0.25, -0.2) is 9.97 Å². The van der Waals surface area contributed by atoms with E-state index in [-0.39, 0.29) is 0 Å². The maximum atomic E-state index is 5.41. The van der Waals surface area contributed by atoms with E-state index in [1.807, 2.05) is 11.3 Å². The van der Waals surface area contributed by atoms with Crippen molar-refractivity contribution in [1.29, 1.82) is 0 Å². The molecule has 4 aromatic heterocycles. The van der Waals surface area contributed by atoms with Crippen LogP contribution in [0.15, 0.2) is 152 Å². The van der Waals surface area contributed by atoms with Gasteiger partial charge >= 0.3 is 0 Å². The molecule has 0 saturated heterocycles. The van der Waals surface area contributed by atoms with E-state index in [1.54, 1.807) is 0 Å². The minimum Gasteiger partial charge on any atom is -0.308 e. The summed E-state index contributed by atoms with van der Waals surface area (Å²) in [5.74, 6) is 0.742. The van der Waals surface area contributed by atoms with E-state index >= 15 is 0 Å². The molecule has 0 N–H and O–H groups in total. The first-order chi connectivity index (χ1) is 24.8. The van der Waals surface area contributed by atoms with Crippen molar-refractivity contribution in [3.05, 3.63) is 152 Å². The molecule has 0 aliphatic heterocycles. The zero-order valence-electron chi connectivity index (χ0n) is 26.7. The molecule has 0 bridgehead atoms. The first-order valence-electron chi connectivity index (χ1n) is 17.0. The third-order valence-electron chi connectivity index (χ3n) is 10.7. The summed E-state index contributed by atoms with van der Waals surface area (Å²) in [6.45, 7) is 0. The normalized spacial score (nSPS) is 12.4. The molecular formula is C46H25N3S. The minimum absolute atomic E-state index is 0.742. The van der Waals surface area contributed by atoms with Gasteiger partial charge in [0.25, 0.3) is 0 Å². The summed E-state index contributed by atoms with van der Waals surface area (Å²) in [7, 11) is 0. The zero-order valence-corrected chi connectivity index (χ0v) is 27.5. The van der Waals surface area contributed by atoms with E-state index in [1.165, 1.54) is 74.4 Å². The number of rotatable bonds is 2. The molecule has 0 amide bonds. The summed E-state index contributed by atoms with van der Waals surface area (Å²) >= 11 is 1.83. The van der Waals surface area contributed by atoms with Gasteiger partial charge in [0, 0.05) is 63.6 Å². The predicted octanol–water partition coefficient (Wildman–Crippen LogP) is 12.8. The van der Waals surface area contributed by atoms with E-state index in [0.717, 1.165) is 38.9 Å². The SMILES string of the molecule is c1ccc2c(c1)ccc1c(-c3ccc4c(c3)c3cccc5c6cccc7cccc(c76)n4c53)nc(-c3ccc4sc5ccccc5c4c3)nc12. The molecule has 0 radical (unpaired) electrons. The van der Waals surface area contributed by atoms with Gasteiger partial charge in [-0.05, 0) is 64.7 Å². The van der Waals surface area contributed by atoms with Crippen molar-refractivity contribution >= 4 is 102 Å². The van der Waals surface area contributed by atoms with Gasteiger partial charge in [0.05, 0.1) is 27.8 Å². The lowest BCUT2D eigenvalue weighted by Gasteiger charge is -2.13. The lowest BCUT2D eigenvalue weighted by atomic mass is 9.99. The Morgan fingerprint density at radius 3 is 2.06 bits per heavy atom. The van der Waals surface area contributed by atoms with Gasteiger partial charge in [-0.15, -0.1) is 11.3 Å². The molecule has 12 aromatic rings. The standard InChI is InChI=1S/C46H25N3S/c1-2-11-30-26(8-1)18-21-35-43(47-46(48-44(30)35)29-20-23-41-37(25-29)31-12-3-4-17-40(31)50-41)28-19-22-38-36(24-28)34-15-7-14-33-32-13-5-9-27-10-6-16-39(42(27)32)49(38)45(33)34/h1-25H. The first-order valence-corrected chi connectivity index (χ1v) is 17.8. The number of thiophene rings is 1. The van der Waals surface area contributed by atoms with Gasteiger partial charge in [-0.1, -0.05) is 103 Å². The Kier molecular flexibility index (Phi) is 5.12. The van der Waals surface area contributed by atoms with E-state index in [2.05, 4.69) is 156 Å². The van der Waals surface area contributed by atoms with E-state index < -0.39 is 0 Å². The van der Waals surface area contributed by atoms with Crippen LogP contribution in [0.1, 0.15) is 0 Å². The number of fused-ring (bicyclic) bond motifs is 11. The van der Waals surface area contributed by atoms with Gasteiger partial charge in [0.1, 0.15) is 0 Å². The van der Waals surface area contributed by atoms with Crippen LogP contribution < -0.4 is 0 Å². The number of aromatic nitrogens is 3. The lowest BCUT2D eigenvalue weighted by Crippen LogP contribution is -1.96. The molecule has 0 spiro atoms. The molecule has 4 heteroatoms. The van der Waals surface area contributed by atoms with Crippen molar-refractivity contribution in [1.82, 2.24) is 14.4 Å². The number of benzene rings is 8. The number of para-hydroxylation sites is 1. The first kappa shape index (κ1) is 26.6. The Morgan fingerprint density at radius 2 is 1.12 bits per heavy atom. The molecule has 0 atom stereocenters. The molecule has 0 saturated carbocycles. The van der Waals surface area contributed by atoms with Gasteiger partial charge in [-0.2, -0.15) is 0 Å². The average Bonchev–Trinajstić information content (AvgIpc) is 3.72. The molecule has 0 aliphatic rings. The molecule has 12 rings (SSSR count). The summed E-state index contributed by atoms with van der Waals surface area (Å²) in [6.07, 6.45) is 0. The van der Waals surface area contributed by atoms with E-state index in [0.29, 0.717) is 0 Å². The Morgan fingerprint density at radius 1 is 0.420 bits per heavy atom. The van der Waals surface area contributed by atoms with Crippen LogP contribution in [0, 0.1) is 0 Å². The molecule has 0 aliphatic carbocycles. The Balaban J connectivity index is 1.17. The van der Waals surface area contributed by atoms with Crippen molar-refractivity contribution in [2.24, 2.45) is 0 Å². The van der Waals surface area contributed by atoms with Crippen LogP contribution >= 0.6 is 11.3 Å². The van der Waals surface area contributed by atoms with Gasteiger partial charge < -0.3 is 4.40 Å². The summed E-state index contributed by atoms with van der Waals surface area (Å²) in [5, 5.41) is 13.5. The number of pyridine rings is 1. The average molecular weight is 652 g/mol. The van der Waals surface area contributed by atoms with E-state index in [4.69, 9.17) is 9.97 Å². The highest BCUT2D eigenvalue weighted by atomic mass is 32.1. The highest BCUT2D eigenvalue weighted by Crippen LogP contribution is 2.43. The largest absolute Gasteiger partial charge is 0.308 e. The minimum atomic E-state index is 0.742. The van der Waals surface area contributed by atoms with Crippen molar-refractivity contribution in [3.8, 4) is 22.6 Å². The lowest BCUT2D eigenvalue weighted by molar-refractivity contribution is 1.24. The third-order valence-corrected chi connectivity index (χ3v) is 11.9. The zero-order chi connectivity index (χ0) is 32.5. The predicted molar refractivity (Wildman–Crippen MR) is 213 cm³/mol. The molecule has 0 unspecified atom stereocenters. The quantitative estimate of drug-likeness (QED) is 0.138. The maximum Gasteiger partial charge on any atom is 0.160 e. The maximum absolute atomic E-state index is 5.41. The van der Waals surface area contributed by atoms with Crippen molar-refractivity contribution in [2.45, 2.75) is 0 Å². The van der Waals surface area contributed by atoms with Gasteiger partial charge in [-0.3, -0.25) is 0 Å². The smallest absolute Gasteiger partial charge is 0.160 e.